The maximum absolute atomic E-state index is 12.6. The van der Waals surface area contributed by atoms with Crippen LogP contribution in [0.25, 0.3) is 0 Å². The Balaban J connectivity index is 1.34. The molecular weight excluding hydrogens is 367 g/mol. The summed E-state index contributed by atoms with van der Waals surface area (Å²) >= 11 is 12.4. The summed E-state index contributed by atoms with van der Waals surface area (Å²) in [7, 11) is 0. The largest absolute Gasteiger partial charge is 0.296 e. The van der Waals surface area contributed by atoms with Gasteiger partial charge in [-0.05, 0) is 73.1 Å². The predicted molar refractivity (Wildman–Crippen MR) is 105 cm³/mol. The molecule has 2 heterocycles. The monoisotopic (exact) mass is 388 g/mol. The zero-order chi connectivity index (χ0) is 18.3. The van der Waals surface area contributed by atoms with Crippen LogP contribution in [-0.2, 0) is 0 Å². The Hall–Kier alpha value is -1.42. The van der Waals surface area contributed by atoms with Crippen LogP contribution < -0.4 is 0 Å². The van der Waals surface area contributed by atoms with Crippen LogP contribution in [0.1, 0.15) is 59.8 Å². The highest BCUT2D eigenvalue weighted by atomic mass is 35.5. The molecule has 1 saturated carbocycles. The molecule has 0 bridgehead atoms. The SMILES string of the molecule is CC(c1cc(Cl)ccc1Cl)N1CC(CC(=O)c2cc(C3CC3)ccn2)C1. The van der Waals surface area contributed by atoms with Crippen LogP contribution >= 0.6 is 23.2 Å². The smallest absolute Gasteiger partial charge is 0.181 e. The lowest BCUT2D eigenvalue weighted by Crippen LogP contribution is -2.48. The Labute approximate surface area is 164 Å². The second-order valence-electron chi connectivity index (χ2n) is 7.54. The second kappa shape index (κ2) is 7.30. The van der Waals surface area contributed by atoms with Crippen LogP contribution in [0.2, 0.25) is 10.0 Å². The molecule has 2 aliphatic rings. The van der Waals surface area contributed by atoms with Crippen molar-refractivity contribution in [3.05, 3.63) is 63.4 Å². The average Bonchev–Trinajstić information content (AvgIpc) is 3.44. The van der Waals surface area contributed by atoms with E-state index in [9.17, 15) is 4.79 Å². The van der Waals surface area contributed by atoms with Gasteiger partial charge in [0.05, 0.1) is 0 Å². The number of Topliss-reactive ketones (excluding diaryl/α,β-unsaturated/α-hetero) is 1. The standard InChI is InChI=1S/C21H22Cl2N2O/c1-13(18-10-17(22)4-5-19(18)23)25-11-14(12-25)8-21(26)20-9-16(6-7-24-20)15-2-3-15/h4-7,9-10,13-15H,2-3,8,11-12H2,1H3. The molecule has 2 aromatic rings. The maximum atomic E-state index is 12.6. The third kappa shape index (κ3) is 3.80. The quantitative estimate of drug-likeness (QED) is 0.609. The van der Waals surface area contributed by atoms with Gasteiger partial charge in [0, 0.05) is 41.8 Å². The lowest BCUT2D eigenvalue weighted by molar-refractivity contribution is 0.0502. The lowest BCUT2D eigenvalue weighted by atomic mass is 9.90. The van der Waals surface area contributed by atoms with Gasteiger partial charge < -0.3 is 0 Å². The second-order valence-corrected chi connectivity index (χ2v) is 8.38. The molecule has 1 aromatic carbocycles. The fourth-order valence-corrected chi connectivity index (χ4v) is 4.18. The van der Waals surface area contributed by atoms with Crippen molar-refractivity contribution in [1.82, 2.24) is 9.88 Å². The summed E-state index contributed by atoms with van der Waals surface area (Å²) in [5.41, 5.74) is 2.93. The Morgan fingerprint density at radius 2 is 2.00 bits per heavy atom. The minimum Gasteiger partial charge on any atom is -0.296 e. The van der Waals surface area contributed by atoms with Crippen LogP contribution in [0.3, 0.4) is 0 Å². The fraction of sp³-hybridized carbons (Fsp3) is 0.429. The number of halogens is 2. The molecule has 0 N–H and O–H groups in total. The summed E-state index contributed by atoms with van der Waals surface area (Å²) in [6, 6.07) is 9.81. The number of likely N-dealkylation sites (tertiary alicyclic amines) is 1. The van der Waals surface area contributed by atoms with E-state index in [4.69, 9.17) is 23.2 Å². The number of carbonyl (C=O) groups is 1. The van der Waals surface area contributed by atoms with Gasteiger partial charge in [0.25, 0.3) is 0 Å². The number of pyridine rings is 1. The highest BCUT2D eigenvalue weighted by Crippen LogP contribution is 2.40. The van der Waals surface area contributed by atoms with Gasteiger partial charge in [-0.1, -0.05) is 23.2 Å². The number of rotatable bonds is 6. The van der Waals surface area contributed by atoms with E-state index in [1.54, 1.807) is 12.3 Å². The maximum Gasteiger partial charge on any atom is 0.181 e. The number of nitrogens with zero attached hydrogens (tertiary/aromatic N) is 2. The molecule has 1 aromatic heterocycles. The van der Waals surface area contributed by atoms with Gasteiger partial charge in [-0.2, -0.15) is 0 Å². The van der Waals surface area contributed by atoms with E-state index < -0.39 is 0 Å². The number of benzene rings is 1. The highest BCUT2D eigenvalue weighted by Gasteiger charge is 2.33. The van der Waals surface area contributed by atoms with Crippen molar-refractivity contribution in [3.63, 3.8) is 0 Å². The number of carbonyl (C=O) groups excluding carboxylic acids is 1. The third-order valence-electron chi connectivity index (χ3n) is 5.53. The molecule has 4 rings (SSSR count). The summed E-state index contributed by atoms with van der Waals surface area (Å²) in [6.45, 7) is 3.94. The molecule has 1 saturated heterocycles. The highest BCUT2D eigenvalue weighted by molar-refractivity contribution is 6.33. The molecule has 5 heteroatoms. The molecule has 2 fully saturated rings. The molecule has 1 atom stereocenters. The number of aromatic nitrogens is 1. The molecule has 1 aliphatic carbocycles. The van der Waals surface area contributed by atoms with E-state index in [-0.39, 0.29) is 11.8 Å². The summed E-state index contributed by atoms with van der Waals surface area (Å²) in [6.07, 6.45) is 4.81. The van der Waals surface area contributed by atoms with Gasteiger partial charge in [-0.3, -0.25) is 14.7 Å². The normalized spacial score (nSPS) is 19.2. The minimum absolute atomic E-state index is 0.158. The van der Waals surface area contributed by atoms with Gasteiger partial charge in [-0.25, -0.2) is 0 Å². The molecule has 3 nitrogen and oxygen atoms in total. The van der Waals surface area contributed by atoms with Crippen molar-refractivity contribution in [2.24, 2.45) is 5.92 Å². The predicted octanol–water partition coefficient (Wildman–Crippen LogP) is 5.53. The first kappa shape index (κ1) is 18.0. The molecule has 0 radical (unpaired) electrons. The van der Waals surface area contributed by atoms with E-state index >= 15 is 0 Å². The van der Waals surface area contributed by atoms with E-state index in [0.717, 1.165) is 23.7 Å². The van der Waals surface area contributed by atoms with Gasteiger partial charge in [-0.15, -0.1) is 0 Å². The number of hydrogen-bond acceptors (Lipinski definition) is 3. The molecule has 0 spiro atoms. The van der Waals surface area contributed by atoms with E-state index in [0.29, 0.717) is 29.0 Å². The van der Waals surface area contributed by atoms with E-state index in [1.165, 1.54) is 18.4 Å². The van der Waals surface area contributed by atoms with Gasteiger partial charge >= 0.3 is 0 Å². The van der Waals surface area contributed by atoms with Crippen LogP contribution in [0.4, 0.5) is 0 Å². The topological polar surface area (TPSA) is 33.2 Å². The number of ketones is 1. The first-order chi connectivity index (χ1) is 12.5. The zero-order valence-electron chi connectivity index (χ0n) is 14.8. The van der Waals surface area contributed by atoms with Gasteiger partial charge in [0.2, 0.25) is 0 Å². The third-order valence-corrected chi connectivity index (χ3v) is 6.11. The van der Waals surface area contributed by atoms with Crippen molar-refractivity contribution >= 4 is 29.0 Å². The molecule has 0 amide bonds. The van der Waals surface area contributed by atoms with Gasteiger partial charge in [0.1, 0.15) is 5.69 Å². The lowest BCUT2D eigenvalue weighted by Gasteiger charge is -2.43. The summed E-state index contributed by atoms with van der Waals surface area (Å²) < 4.78 is 0. The molecule has 1 aliphatic heterocycles. The van der Waals surface area contributed by atoms with Crippen LogP contribution in [0.5, 0.6) is 0 Å². The van der Waals surface area contributed by atoms with Crippen molar-refractivity contribution < 1.29 is 4.79 Å². The molecule has 1 unspecified atom stereocenters. The summed E-state index contributed by atoms with van der Waals surface area (Å²) in [5.74, 6) is 1.19. The Morgan fingerprint density at radius 3 is 2.73 bits per heavy atom. The van der Waals surface area contributed by atoms with Gasteiger partial charge in [0.15, 0.2) is 5.78 Å². The molecular formula is C21H22Cl2N2O. The fourth-order valence-electron chi connectivity index (χ4n) is 3.72. The van der Waals surface area contributed by atoms with Crippen molar-refractivity contribution in [2.75, 3.05) is 13.1 Å². The Morgan fingerprint density at radius 1 is 1.23 bits per heavy atom. The minimum atomic E-state index is 0.158. The first-order valence-electron chi connectivity index (χ1n) is 9.19. The van der Waals surface area contributed by atoms with Crippen molar-refractivity contribution in [2.45, 2.75) is 38.1 Å². The summed E-state index contributed by atoms with van der Waals surface area (Å²) in [4.78, 5) is 19.2. The van der Waals surface area contributed by atoms with Crippen molar-refractivity contribution in [1.29, 1.82) is 0 Å². The van der Waals surface area contributed by atoms with Crippen LogP contribution in [0, 0.1) is 5.92 Å². The molecule has 136 valence electrons. The number of hydrogen-bond donors (Lipinski definition) is 0. The first-order valence-corrected chi connectivity index (χ1v) is 9.95. The Bertz CT molecular complexity index is 829. The zero-order valence-corrected chi connectivity index (χ0v) is 16.3. The van der Waals surface area contributed by atoms with Crippen LogP contribution in [0.15, 0.2) is 36.5 Å². The van der Waals surface area contributed by atoms with Crippen LogP contribution in [-0.4, -0.2) is 28.8 Å². The van der Waals surface area contributed by atoms with E-state index in [1.807, 2.05) is 24.3 Å². The molecule has 26 heavy (non-hydrogen) atoms. The van der Waals surface area contributed by atoms with E-state index in [2.05, 4.69) is 16.8 Å². The average molecular weight is 389 g/mol. The van der Waals surface area contributed by atoms with Crippen molar-refractivity contribution in [3.8, 4) is 0 Å². The Kier molecular flexibility index (Phi) is 5.05. The summed E-state index contributed by atoms with van der Waals surface area (Å²) in [5, 5.41) is 1.44.